The van der Waals surface area contributed by atoms with Crippen molar-refractivity contribution in [3.8, 4) is 0 Å². The Labute approximate surface area is 122 Å². The van der Waals surface area contributed by atoms with Gasteiger partial charge in [0, 0.05) is 30.9 Å². The summed E-state index contributed by atoms with van der Waals surface area (Å²) in [7, 11) is 3.98. The zero-order valence-corrected chi connectivity index (χ0v) is 11.8. The maximum absolute atomic E-state index is 13.4. The lowest BCUT2D eigenvalue weighted by molar-refractivity contribution is 0.629. The van der Waals surface area contributed by atoms with E-state index >= 15 is 0 Å². The molecule has 0 aliphatic carbocycles. The number of hydrogen-bond donors (Lipinski definition) is 1. The highest BCUT2D eigenvalue weighted by atomic mass is 19.1. The van der Waals surface area contributed by atoms with Gasteiger partial charge in [-0.05, 0) is 42.5 Å². The summed E-state index contributed by atoms with van der Waals surface area (Å²) in [5.74, 6) is 0.292. The third kappa shape index (κ3) is 2.76. The molecule has 106 valence electrons. The number of anilines is 3. The molecule has 2 aromatic carbocycles. The maximum atomic E-state index is 13.4. The Kier molecular flexibility index (Phi) is 3.39. The van der Waals surface area contributed by atoms with E-state index in [-0.39, 0.29) is 5.82 Å². The second kappa shape index (κ2) is 5.36. The van der Waals surface area contributed by atoms with E-state index in [0.29, 0.717) is 16.7 Å². The van der Waals surface area contributed by atoms with Crippen molar-refractivity contribution in [2.45, 2.75) is 0 Å². The average molecular weight is 282 g/mol. The lowest BCUT2D eigenvalue weighted by Crippen LogP contribution is -2.08. The number of benzene rings is 2. The molecule has 5 heteroatoms. The fraction of sp³-hybridized carbons (Fsp3) is 0.125. The van der Waals surface area contributed by atoms with Crippen molar-refractivity contribution in [3.05, 3.63) is 54.6 Å². The van der Waals surface area contributed by atoms with Gasteiger partial charge in [0.25, 0.3) is 0 Å². The molecule has 0 saturated heterocycles. The van der Waals surface area contributed by atoms with Gasteiger partial charge in [-0.2, -0.15) is 0 Å². The molecule has 1 heterocycles. The van der Waals surface area contributed by atoms with Crippen LogP contribution in [-0.2, 0) is 0 Å². The van der Waals surface area contributed by atoms with E-state index in [1.165, 1.54) is 18.5 Å². The molecule has 3 rings (SSSR count). The average Bonchev–Trinajstić information content (AvgIpc) is 2.48. The predicted molar refractivity (Wildman–Crippen MR) is 83.5 cm³/mol. The van der Waals surface area contributed by atoms with Crippen molar-refractivity contribution in [3.63, 3.8) is 0 Å². The van der Waals surface area contributed by atoms with Gasteiger partial charge in [-0.15, -0.1) is 0 Å². The summed E-state index contributed by atoms with van der Waals surface area (Å²) in [6.07, 6.45) is 1.47. The molecule has 0 atom stereocenters. The summed E-state index contributed by atoms with van der Waals surface area (Å²) in [5.41, 5.74) is 2.71. The highest BCUT2D eigenvalue weighted by Gasteiger charge is 2.05. The zero-order chi connectivity index (χ0) is 14.8. The predicted octanol–water partition coefficient (Wildman–Crippen LogP) is 3.58. The van der Waals surface area contributed by atoms with Crippen molar-refractivity contribution >= 4 is 28.1 Å². The Morgan fingerprint density at radius 2 is 1.76 bits per heavy atom. The molecule has 0 fully saturated rings. The number of fused-ring (bicyclic) bond motifs is 1. The van der Waals surface area contributed by atoms with Crippen LogP contribution in [0.15, 0.2) is 48.8 Å². The molecule has 21 heavy (non-hydrogen) atoms. The molecular weight excluding hydrogens is 267 g/mol. The lowest BCUT2D eigenvalue weighted by Gasteiger charge is -2.13. The highest BCUT2D eigenvalue weighted by Crippen LogP contribution is 2.24. The van der Waals surface area contributed by atoms with E-state index < -0.39 is 0 Å². The molecule has 4 nitrogen and oxygen atoms in total. The van der Waals surface area contributed by atoms with Crippen LogP contribution in [0.4, 0.5) is 21.6 Å². The number of rotatable bonds is 3. The summed E-state index contributed by atoms with van der Waals surface area (Å²) in [5, 5.41) is 3.87. The van der Waals surface area contributed by atoms with Crippen LogP contribution in [0.2, 0.25) is 0 Å². The van der Waals surface area contributed by atoms with Gasteiger partial charge in [-0.25, -0.2) is 14.4 Å². The Bertz CT molecular complexity index is 769. The molecule has 0 spiro atoms. The minimum atomic E-state index is -0.302. The number of hydrogen-bond acceptors (Lipinski definition) is 4. The Morgan fingerprint density at radius 3 is 2.48 bits per heavy atom. The fourth-order valence-corrected chi connectivity index (χ4v) is 2.11. The Morgan fingerprint density at radius 1 is 1.00 bits per heavy atom. The first kappa shape index (κ1) is 13.3. The molecule has 0 saturated carbocycles. The normalized spacial score (nSPS) is 10.6. The van der Waals surface area contributed by atoms with Gasteiger partial charge in [-0.3, -0.25) is 0 Å². The van der Waals surface area contributed by atoms with Crippen molar-refractivity contribution in [2.75, 3.05) is 24.3 Å². The summed E-state index contributed by atoms with van der Waals surface area (Å²) in [6.45, 7) is 0. The monoisotopic (exact) mass is 282 g/mol. The van der Waals surface area contributed by atoms with Crippen LogP contribution >= 0.6 is 0 Å². The minimum absolute atomic E-state index is 0.302. The van der Waals surface area contributed by atoms with Crippen LogP contribution < -0.4 is 10.2 Å². The van der Waals surface area contributed by atoms with Gasteiger partial charge >= 0.3 is 0 Å². The van der Waals surface area contributed by atoms with Crippen LogP contribution in [0, 0.1) is 5.82 Å². The first-order valence-electron chi connectivity index (χ1n) is 6.58. The van der Waals surface area contributed by atoms with E-state index in [2.05, 4.69) is 15.3 Å². The Hall–Kier alpha value is -2.69. The number of halogens is 1. The smallest absolute Gasteiger partial charge is 0.141 e. The molecule has 1 aromatic heterocycles. The molecule has 0 bridgehead atoms. The molecule has 0 aliphatic heterocycles. The van der Waals surface area contributed by atoms with Crippen LogP contribution in [0.25, 0.3) is 10.9 Å². The van der Waals surface area contributed by atoms with Gasteiger partial charge in [-0.1, -0.05) is 0 Å². The van der Waals surface area contributed by atoms with Crippen LogP contribution in [-0.4, -0.2) is 24.1 Å². The summed E-state index contributed by atoms with van der Waals surface area (Å²) in [4.78, 5) is 10.4. The van der Waals surface area contributed by atoms with E-state index in [1.54, 1.807) is 6.07 Å². The summed E-state index contributed by atoms with van der Waals surface area (Å²) in [6, 6.07) is 12.4. The zero-order valence-electron chi connectivity index (χ0n) is 11.8. The van der Waals surface area contributed by atoms with E-state index in [0.717, 1.165) is 11.4 Å². The van der Waals surface area contributed by atoms with Gasteiger partial charge in [0.15, 0.2) is 0 Å². The van der Waals surface area contributed by atoms with Crippen molar-refractivity contribution in [1.29, 1.82) is 0 Å². The third-order valence-corrected chi connectivity index (χ3v) is 3.24. The van der Waals surface area contributed by atoms with Crippen molar-refractivity contribution in [1.82, 2.24) is 9.97 Å². The van der Waals surface area contributed by atoms with E-state index in [1.807, 2.05) is 43.3 Å². The van der Waals surface area contributed by atoms with Crippen LogP contribution in [0.3, 0.4) is 0 Å². The number of nitrogens with one attached hydrogen (secondary N) is 1. The SMILES string of the molecule is CN(C)c1ccc(Nc2ncnc3ccc(F)cc23)cc1. The maximum Gasteiger partial charge on any atom is 0.141 e. The van der Waals surface area contributed by atoms with E-state index in [9.17, 15) is 4.39 Å². The lowest BCUT2D eigenvalue weighted by atomic mass is 10.2. The quantitative estimate of drug-likeness (QED) is 0.797. The second-order valence-electron chi connectivity index (χ2n) is 4.95. The van der Waals surface area contributed by atoms with Crippen molar-refractivity contribution < 1.29 is 4.39 Å². The largest absolute Gasteiger partial charge is 0.378 e. The van der Waals surface area contributed by atoms with Crippen LogP contribution in [0.5, 0.6) is 0 Å². The Balaban J connectivity index is 1.96. The van der Waals surface area contributed by atoms with Gasteiger partial charge in [0.2, 0.25) is 0 Å². The fourth-order valence-electron chi connectivity index (χ4n) is 2.11. The molecule has 0 aliphatic rings. The summed E-state index contributed by atoms with van der Waals surface area (Å²) < 4.78 is 13.4. The first-order chi connectivity index (χ1) is 10.1. The highest BCUT2D eigenvalue weighted by molar-refractivity contribution is 5.90. The van der Waals surface area contributed by atoms with Crippen molar-refractivity contribution in [2.24, 2.45) is 0 Å². The molecule has 0 radical (unpaired) electrons. The first-order valence-corrected chi connectivity index (χ1v) is 6.58. The van der Waals surface area contributed by atoms with Gasteiger partial charge < -0.3 is 10.2 Å². The summed E-state index contributed by atoms with van der Waals surface area (Å²) >= 11 is 0. The molecule has 0 amide bonds. The minimum Gasteiger partial charge on any atom is -0.378 e. The molecular formula is C16H15FN4. The number of aromatic nitrogens is 2. The second-order valence-corrected chi connectivity index (χ2v) is 4.95. The van der Waals surface area contributed by atoms with Gasteiger partial charge in [0.05, 0.1) is 5.52 Å². The molecule has 3 aromatic rings. The third-order valence-electron chi connectivity index (χ3n) is 3.24. The van der Waals surface area contributed by atoms with Gasteiger partial charge in [0.1, 0.15) is 18.0 Å². The molecule has 0 unspecified atom stereocenters. The standard InChI is InChI=1S/C16H15FN4/c1-21(2)13-6-4-12(5-7-13)20-16-14-9-11(17)3-8-15(14)18-10-19-16/h3-10H,1-2H3,(H,18,19,20). The topological polar surface area (TPSA) is 41.0 Å². The number of nitrogens with zero attached hydrogens (tertiary/aromatic N) is 3. The van der Waals surface area contributed by atoms with E-state index in [4.69, 9.17) is 0 Å². The molecule has 1 N–H and O–H groups in total. The van der Waals surface area contributed by atoms with Crippen LogP contribution in [0.1, 0.15) is 0 Å².